The van der Waals surface area contributed by atoms with Crippen molar-refractivity contribution >= 4 is 15.9 Å². The number of aliphatic hydroxyl groups is 1. The minimum Gasteiger partial charge on any atom is -0.393 e. The Balaban J connectivity index is 2.44. The summed E-state index contributed by atoms with van der Waals surface area (Å²) in [7, 11) is 1.96. The van der Waals surface area contributed by atoms with Gasteiger partial charge in [0.25, 0.3) is 0 Å². The number of nitrogens with zero attached hydrogens (tertiary/aromatic N) is 2. The van der Waals surface area contributed by atoms with Crippen molar-refractivity contribution in [2.24, 2.45) is 7.05 Å². The van der Waals surface area contributed by atoms with E-state index < -0.39 is 0 Å². The number of aliphatic hydroxyl groups excluding tert-OH is 1. The third kappa shape index (κ3) is 4.08. The lowest BCUT2D eigenvalue weighted by Crippen LogP contribution is -2.21. The van der Waals surface area contributed by atoms with Crippen molar-refractivity contribution < 1.29 is 5.11 Å². The molecular formula is C12H22BrN3O. The third-order valence-corrected chi connectivity index (χ3v) is 3.84. The lowest BCUT2D eigenvalue weighted by molar-refractivity contribution is 0.159. The van der Waals surface area contributed by atoms with Gasteiger partial charge >= 0.3 is 0 Å². The third-order valence-electron chi connectivity index (χ3n) is 2.92. The summed E-state index contributed by atoms with van der Waals surface area (Å²) in [4.78, 5) is 0. The van der Waals surface area contributed by atoms with Crippen LogP contribution in [0.2, 0.25) is 0 Å². The lowest BCUT2D eigenvalue weighted by atomic mass is 10.2. The Hall–Kier alpha value is -0.390. The van der Waals surface area contributed by atoms with Crippen molar-refractivity contribution in [3.63, 3.8) is 0 Å². The Morgan fingerprint density at radius 2 is 2.18 bits per heavy atom. The van der Waals surface area contributed by atoms with Crippen LogP contribution >= 0.6 is 15.9 Å². The zero-order valence-corrected chi connectivity index (χ0v) is 12.4. The maximum atomic E-state index is 9.44. The number of aryl methyl sites for hydroxylation is 2. The second kappa shape index (κ2) is 7.13. The van der Waals surface area contributed by atoms with E-state index in [1.165, 1.54) is 0 Å². The maximum Gasteiger partial charge on any atom is 0.0767 e. The van der Waals surface area contributed by atoms with Crippen molar-refractivity contribution in [2.75, 3.05) is 6.54 Å². The molecule has 0 aliphatic heterocycles. The van der Waals surface area contributed by atoms with E-state index in [4.69, 9.17) is 0 Å². The van der Waals surface area contributed by atoms with Crippen LogP contribution in [-0.4, -0.2) is 27.5 Å². The molecule has 0 aromatic carbocycles. The van der Waals surface area contributed by atoms with Crippen molar-refractivity contribution in [1.82, 2.24) is 15.1 Å². The van der Waals surface area contributed by atoms with Crippen LogP contribution in [0.1, 0.15) is 38.1 Å². The van der Waals surface area contributed by atoms with Gasteiger partial charge in [-0.2, -0.15) is 5.10 Å². The summed E-state index contributed by atoms with van der Waals surface area (Å²) < 4.78 is 3.01. The molecular weight excluding hydrogens is 282 g/mol. The van der Waals surface area contributed by atoms with Crippen LogP contribution in [-0.2, 0) is 20.0 Å². The van der Waals surface area contributed by atoms with Crippen LogP contribution in [0.3, 0.4) is 0 Å². The maximum absolute atomic E-state index is 9.44. The van der Waals surface area contributed by atoms with Gasteiger partial charge < -0.3 is 10.4 Å². The summed E-state index contributed by atoms with van der Waals surface area (Å²) in [6.45, 7) is 5.70. The molecule has 1 unspecified atom stereocenters. The van der Waals surface area contributed by atoms with Crippen molar-refractivity contribution in [3.8, 4) is 0 Å². The fourth-order valence-electron chi connectivity index (χ4n) is 1.69. The zero-order valence-electron chi connectivity index (χ0n) is 10.8. The van der Waals surface area contributed by atoms with Crippen LogP contribution in [0.4, 0.5) is 0 Å². The molecule has 0 saturated carbocycles. The molecule has 17 heavy (non-hydrogen) atoms. The molecule has 1 atom stereocenters. The fraction of sp³-hybridized carbons (Fsp3) is 0.750. The SMILES string of the molecule is CCc1nn(C)c(CNCCC(O)CC)c1Br. The summed E-state index contributed by atoms with van der Waals surface area (Å²) in [6, 6.07) is 0. The molecule has 0 aliphatic rings. The molecule has 4 nitrogen and oxygen atoms in total. The monoisotopic (exact) mass is 303 g/mol. The van der Waals surface area contributed by atoms with Gasteiger partial charge in [-0.1, -0.05) is 13.8 Å². The highest BCUT2D eigenvalue weighted by molar-refractivity contribution is 9.10. The van der Waals surface area contributed by atoms with E-state index in [-0.39, 0.29) is 6.10 Å². The minimum atomic E-state index is -0.191. The van der Waals surface area contributed by atoms with Gasteiger partial charge in [0.15, 0.2) is 0 Å². The Kier molecular flexibility index (Phi) is 6.16. The van der Waals surface area contributed by atoms with Crippen LogP contribution in [0.5, 0.6) is 0 Å². The summed E-state index contributed by atoms with van der Waals surface area (Å²) in [5.41, 5.74) is 2.26. The average Bonchev–Trinajstić information content (AvgIpc) is 2.60. The quantitative estimate of drug-likeness (QED) is 0.758. The van der Waals surface area contributed by atoms with Gasteiger partial charge in [0.1, 0.15) is 0 Å². The van der Waals surface area contributed by atoms with Gasteiger partial charge in [-0.25, -0.2) is 0 Å². The molecule has 5 heteroatoms. The molecule has 0 saturated heterocycles. The molecule has 0 radical (unpaired) electrons. The standard InChI is InChI=1S/C12H22BrN3O/c1-4-9(17)6-7-14-8-11-12(13)10(5-2)15-16(11)3/h9,14,17H,4-8H2,1-3H3. The van der Waals surface area contributed by atoms with E-state index in [0.717, 1.165) is 48.2 Å². The predicted octanol–water partition coefficient (Wildman–Crippen LogP) is 2.00. The largest absolute Gasteiger partial charge is 0.393 e. The predicted molar refractivity (Wildman–Crippen MR) is 72.9 cm³/mol. The highest BCUT2D eigenvalue weighted by Crippen LogP contribution is 2.21. The number of rotatable bonds is 7. The number of hydrogen-bond donors (Lipinski definition) is 2. The molecule has 0 aliphatic carbocycles. The first kappa shape index (κ1) is 14.7. The van der Waals surface area contributed by atoms with Crippen LogP contribution in [0.15, 0.2) is 4.47 Å². The van der Waals surface area contributed by atoms with Crippen molar-refractivity contribution in [3.05, 3.63) is 15.9 Å². The molecule has 0 amide bonds. The summed E-state index contributed by atoms with van der Waals surface area (Å²) in [6.07, 6.45) is 2.36. The molecule has 98 valence electrons. The Labute approximate surface area is 112 Å². The highest BCUT2D eigenvalue weighted by atomic mass is 79.9. The second-order valence-corrected chi connectivity index (χ2v) is 5.01. The number of nitrogens with one attached hydrogen (secondary N) is 1. The van der Waals surface area contributed by atoms with E-state index in [0.29, 0.717) is 0 Å². The molecule has 0 spiro atoms. The second-order valence-electron chi connectivity index (χ2n) is 4.21. The van der Waals surface area contributed by atoms with Gasteiger partial charge in [0, 0.05) is 13.6 Å². The molecule has 0 bridgehead atoms. The number of aromatic nitrogens is 2. The van der Waals surface area contributed by atoms with Gasteiger partial charge in [-0.15, -0.1) is 0 Å². The average molecular weight is 304 g/mol. The first-order chi connectivity index (χ1) is 8.10. The van der Waals surface area contributed by atoms with E-state index in [1.807, 2.05) is 18.7 Å². The summed E-state index contributed by atoms with van der Waals surface area (Å²) in [5.74, 6) is 0. The van der Waals surface area contributed by atoms with Gasteiger partial charge in [-0.3, -0.25) is 4.68 Å². The summed E-state index contributed by atoms with van der Waals surface area (Å²) in [5, 5.41) is 17.2. The van der Waals surface area contributed by atoms with Crippen LogP contribution in [0, 0.1) is 0 Å². The first-order valence-electron chi connectivity index (χ1n) is 6.19. The number of hydrogen-bond acceptors (Lipinski definition) is 3. The van der Waals surface area contributed by atoms with E-state index in [1.54, 1.807) is 0 Å². The normalized spacial score (nSPS) is 13.0. The molecule has 1 aromatic heterocycles. The van der Waals surface area contributed by atoms with Crippen LogP contribution in [0.25, 0.3) is 0 Å². The smallest absolute Gasteiger partial charge is 0.0767 e. The van der Waals surface area contributed by atoms with E-state index in [9.17, 15) is 5.11 Å². The molecule has 1 aromatic rings. The van der Waals surface area contributed by atoms with Crippen molar-refractivity contribution in [2.45, 2.75) is 45.8 Å². The van der Waals surface area contributed by atoms with Gasteiger partial charge in [-0.05, 0) is 41.7 Å². The molecule has 0 fully saturated rings. The molecule has 1 rings (SSSR count). The number of halogens is 1. The zero-order chi connectivity index (χ0) is 12.8. The van der Waals surface area contributed by atoms with Crippen LogP contribution < -0.4 is 5.32 Å². The Morgan fingerprint density at radius 3 is 2.71 bits per heavy atom. The van der Waals surface area contributed by atoms with E-state index >= 15 is 0 Å². The minimum absolute atomic E-state index is 0.191. The summed E-state index contributed by atoms with van der Waals surface area (Å²) >= 11 is 3.58. The fourth-order valence-corrected chi connectivity index (χ4v) is 2.45. The Morgan fingerprint density at radius 1 is 1.47 bits per heavy atom. The van der Waals surface area contributed by atoms with Crippen molar-refractivity contribution in [1.29, 1.82) is 0 Å². The highest BCUT2D eigenvalue weighted by Gasteiger charge is 2.11. The Bertz CT molecular complexity index is 352. The lowest BCUT2D eigenvalue weighted by Gasteiger charge is -2.09. The first-order valence-corrected chi connectivity index (χ1v) is 6.98. The van der Waals surface area contributed by atoms with Gasteiger partial charge in [0.2, 0.25) is 0 Å². The topological polar surface area (TPSA) is 50.1 Å². The van der Waals surface area contributed by atoms with E-state index in [2.05, 4.69) is 33.3 Å². The molecule has 2 N–H and O–H groups in total. The van der Waals surface area contributed by atoms with Gasteiger partial charge in [0.05, 0.1) is 22.0 Å². The molecule has 1 heterocycles.